The maximum Gasteiger partial charge on any atom is 0.337 e. The molecular formula is C28H31N3O5. The van der Waals surface area contributed by atoms with E-state index in [9.17, 15) is 9.59 Å². The number of carbonyl (C=O) groups excluding carboxylic acids is 2. The first kappa shape index (κ1) is 25.0. The van der Waals surface area contributed by atoms with E-state index in [2.05, 4.69) is 5.32 Å². The Labute approximate surface area is 210 Å². The van der Waals surface area contributed by atoms with Crippen molar-refractivity contribution < 1.29 is 23.5 Å². The van der Waals surface area contributed by atoms with Crippen LogP contribution in [0, 0.1) is 0 Å². The molecule has 0 aliphatic carbocycles. The highest BCUT2D eigenvalue weighted by Gasteiger charge is 2.41. The average Bonchev–Trinajstić information content (AvgIpc) is 3.48. The van der Waals surface area contributed by atoms with Gasteiger partial charge in [-0.3, -0.25) is 0 Å². The van der Waals surface area contributed by atoms with Gasteiger partial charge in [-0.1, -0.05) is 18.2 Å². The molecule has 1 aliphatic rings. The molecule has 0 atom stereocenters. The molecule has 188 valence electrons. The van der Waals surface area contributed by atoms with Crippen molar-refractivity contribution >= 4 is 11.9 Å². The number of dihydropyridines is 1. The maximum atomic E-state index is 13.4. The third kappa shape index (κ3) is 4.98. The molecule has 3 heterocycles. The number of nitrogens with zero attached hydrogens (tertiary/aromatic N) is 2. The van der Waals surface area contributed by atoms with Crippen molar-refractivity contribution in [2.75, 3.05) is 0 Å². The molecule has 8 nitrogen and oxygen atoms in total. The number of allylic oxidation sites excluding steroid dienone is 2. The highest BCUT2D eigenvalue weighted by Crippen LogP contribution is 2.43. The monoisotopic (exact) mass is 489 g/mol. The van der Waals surface area contributed by atoms with Crippen LogP contribution in [0.15, 0.2) is 81.9 Å². The Bertz CT molecular complexity index is 1270. The molecular weight excluding hydrogens is 458 g/mol. The second-order valence-electron chi connectivity index (χ2n) is 9.23. The van der Waals surface area contributed by atoms with Gasteiger partial charge in [-0.25, -0.2) is 14.3 Å². The highest BCUT2D eigenvalue weighted by molar-refractivity contribution is 6.00. The Morgan fingerprint density at radius 3 is 2.00 bits per heavy atom. The topological polar surface area (TPSA) is 95.6 Å². The van der Waals surface area contributed by atoms with Gasteiger partial charge >= 0.3 is 11.9 Å². The van der Waals surface area contributed by atoms with Gasteiger partial charge in [-0.15, -0.1) is 0 Å². The summed E-state index contributed by atoms with van der Waals surface area (Å²) >= 11 is 0. The van der Waals surface area contributed by atoms with E-state index >= 15 is 0 Å². The smallest absolute Gasteiger partial charge is 0.337 e. The van der Waals surface area contributed by atoms with Gasteiger partial charge in [0.05, 0.1) is 41.2 Å². The predicted octanol–water partition coefficient (Wildman–Crippen LogP) is 5.27. The van der Waals surface area contributed by atoms with Gasteiger partial charge in [0.2, 0.25) is 0 Å². The molecule has 1 N–H and O–H groups in total. The summed E-state index contributed by atoms with van der Waals surface area (Å²) < 4.78 is 18.7. The Morgan fingerprint density at radius 2 is 1.50 bits per heavy atom. The summed E-state index contributed by atoms with van der Waals surface area (Å²) in [5.74, 6) is -1.30. The maximum absolute atomic E-state index is 13.4. The first-order valence-electron chi connectivity index (χ1n) is 12.0. The minimum Gasteiger partial charge on any atom is -0.463 e. The van der Waals surface area contributed by atoms with Gasteiger partial charge in [-0.05, 0) is 65.8 Å². The van der Waals surface area contributed by atoms with Gasteiger partial charge < -0.3 is 19.2 Å². The largest absolute Gasteiger partial charge is 0.463 e. The standard InChI is InChI=1S/C28H31N3O5/c1-16(2)35-27(32)23-18(5)29-19(6)24(28(33)36-17(3)4)25(23)21-15-31(20-11-8-7-9-12-20)30-26(21)22-13-10-14-34-22/h7-17,25,29H,1-6H3. The van der Waals surface area contributed by atoms with Gasteiger partial charge in [-0.2, -0.15) is 5.10 Å². The number of furan rings is 1. The molecule has 36 heavy (non-hydrogen) atoms. The van der Waals surface area contributed by atoms with Crippen LogP contribution >= 0.6 is 0 Å². The van der Waals surface area contributed by atoms with Crippen molar-refractivity contribution in [2.45, 2.75) is 59.7 Å². The number of esters is 2. The molecule has 0 saturated heterocycles. The summed E-state index contributed by atoms with van der Waals surface area (Å²) in [4.78, 5) is 26.9. The van der Waals surface area contributed by atoms with Crippen molar-refractivity contribution in [2.24, 2.45) is 0 Å². The fourth-order valence-electron chi connectivity index (χ4n) is 4.32. The SMILES string of the molecule is CC1=C(C(=O)OC(C)C)C(c2cn(-c3ccccc3)nc2-c2ccco2)C(C(=O)OC(C)C)=C(C)N1. The zero-order valence-corrected chi connectivity index (χ0v) is 21.4. The molecule has 1 aliphatic heterocycles. The Kier molecular flexibility index (Phi) is 7.15. The molecule has 0 fully saturated rings. The summed E-state index contributed by atoms with van der Waals surface area (Å²) in [6.45, 7) is 10.7. The van der Waals surface area contributed by atoms with E-state index < -0.39 is 17.9 Å². The van der Waals surface area contributed by atoms with Crippen molar-refractivity contribution in [3.63, 3.8) is 0 Å². The Morgan fingerprint density at radius 1 is 0.917 bits per heavy atom. The number of rotatable bonds is 7. The fourth-order valence-corrected chi connectivity index (χ4v) is 4.32. The third-order valence-corrected chi connectivity index (χ3v) is 5.71. The van der Waals surface area contributed by atoms with Crippen LogP contribution in [0.25, 0.3) is 17.1 Å². The number of hydrogen-bond donors (Lipinski definition) is 1. The molecule has 0 amide bonds. The van der Waals surface area contributed by atoms with Crippen molar-refractivity contribution in [1.82, 2.24) is 15.1 Å². The zero-order chi connectivity index (χ0) is 26.0. The molecule has 0 saturated carbocycles. The van der Waals surface area contributed by atoms with Crippen LogP contribution in [0.3, 0.4) is 0 Å². The summed E-state index contributed by atoms with van der Waals surface area (Å²) in [6.07, 6.45) is 2.71. The zero-order valence-electron chi connectivity index (χ0n) is 21.4. The molecule has 0 unspecified atom stereocenters. The first-order chi connectivity index (χ1) is 17.2. The summed E-state index contributed by atoms with van der Waals surface area (Å²) in [5, 5.41) is 8.00. The summed E-state index contributed by atoms with van der Waals surface area (Å²) in [6, 6.07) is 13.2. The van der Waals surface area contributed by atoms with E-state index in [0.717, 1.165) is 5.69 Å². The molecule has 0 radical (unpaired) electrons. The predicted molar refractivity (Wildman–Crippen MR) is 135 cm³/mol. The number of ether oxygens (including phenoxy) is 2. The minimum absolute atomic E-state index is 0.324. The quantitative estimate of drug-likeness (QED) is 0.452. The van der Waals surface area contributed by atoms with Crippen molar-refractivity contribution in [3.8, 4) is 17.1 Å². The second-order valence-corrected chi connectivity index (χ2v) is 9.23. The van der Waals surface area contributed by atoms with Crippen LogP contribution in [-0.2, 0) is 19.1 Å². The van der Waals surface area contributed by atoms with Crippen LogP contribution in [0.4, 0.5) is 0 Å². The Hall–Kier alpha value is -4.07. The minimum atomic E-state index is -0.790. The van der Waals surface area contributed by atoms with Crippen molar-refractivity contribution in [1.29, 1.82) is 0 Å². The Balaban J connectivity index is 1.97. The number of hydrogen-bond acceptors (Lipinski definition) is 7. The lowest BCUT2D eigenvalue weighted by atomic mass is 9.80. The van der Waals surface area contributed by atoms with E-state index in [-0.39, 0.29) is 12.2 Å². The lowest BCUT2D eigenvalue weighted by molar-refractivity contribution is -0.143. The lowest BCUT2D eigenvalue weighted by Gasteiger charge is -2.30. The number of para-hydroxylation sites is 1. The summed E-state index contributed by atoms with van der Waals surface area (Å²) in [5.41, 5.74) is 3.81. The van der Waals surface area contributed by atoms with E-state index in [1.807, 2.05) is 36.5 Å². The number of nitrogens with one attached hydrogen (secondary N) is 1. The summed E-state index contributed by atoms with van der Waals surface area (Å²) in [7, 11) is 0. The van der Waals surface area contributed by atoms with Gasteiger partial charge in [0.25, 0.3) is 0 Å². The van der Waals surface area contributed by atoms with E-state index in [4.69, 9.17) is 19.0 Å². The fraction of sp³-hybridized carbons (Fsp3) is 0.321. The normalized spacial score (nSPS) is 14.4. The van der Waals surface area contributed by atoms with Crippen LogP contribution in [0.1, 0.15) is 53.0 Å². The van der Waals surface area contributed by atoms with Crippen molar-refractivity contribution in [3.05, 3.63) is 83.0 Å². The molecule has 8 heteroatoms. The number of carbonyl (C=O) groups is 2. The van der Waals surface area contributed by atoms with E-state index in [1.54, 1.807) is 64.6 Å². The van der Waals surface area contributed by atoms with Crippen LogP contribution in [0.2, 0.25) is 0 Å². The second kappa shape index (κ2) is 10.3. The van der Waals surface area contributed by atoms with Crippen LogP contribution in [0.5, 0.6) is 0 Å². The van der Waals surface area contributed by atoms with Gasteiger partial charge in [0, 0.05) is 23.2 Å². The van der Waals surface area contributed by atoms with E-state index in [0.29, 0.717) is 39.6 Å². The lowest BCUT2D eigenvalue weighted by Crippen LogP contribution is -2.33. The average molecular weight is 490 g/mol. The molecule has 1 aromatic carbocycles. The molecule has 0 bridgehead atoms. The molecule has 3 aromatic rings. The molecule has 2 aromatic heterocycles. The van der Waals surface area contributed by atoms with Gasteiger partial charge in [0.15, 0.2) is 5.76 Å². The molecule has 0 spiro atoms. The van der Waals surface area contributed by atoms with Crippen LogP contribution in [-0.4, -0.2) is 33.9 Å². The highest BCUT2D eigenvalue weighted by atomic mass is 16.5. The van der Waals surface area contributed by atoms with Crippen LogP contribution < -0.4 is 5.32 Å². The molecule has 4 rings (SSSR count). The van der Waals surface area contributed by atoms with E-state index in [1.165, 1.54) is 0 Å². The number of benzene rings is 1. The number of aromatic nitrogens is 2. The van der Waals surface area contributed by atoms with Gasteiger partial charge in [0.1, 0.15) is 5.69 Å². The first-order valence-corrected chi connectivity index (χ1v) is 12.0. The third-order valence-electron chi connectivity index (χ3n) is 5.71.